The van der Waals surface area contributed by atoms with Crippen molar-refractivity contribution in [1.29, 1.82) is 0 Å². The van der Waals surface area contributed by atoms with Gasteiger partial charge in [-0.2, -0.15) is 0 Å². The first-order chi connectivity index (χ1) is 12.4. The van der Waals surface area contributed by atoms with Crippen molar-refractivity contribution in [3.8, 4) is 5.75 Å². The van der Waals surface area contributed by atoms with E-state index in [1.807, 2.05) is 24.0 Å². The molecule has 0 N–H and O–H groups in total. The van der Waals surface area contributed by atoms with Gasteiger partial charge in [-0.05, 0) is 84.5 Å². The van der Waals surface area contributed by atoms with E-state index in [1.165, 1.54) is 12.0 Å². The highest BCUT2D eigenvalue weighted by atomic mass is 16.5. The molecule has 1 heterocycles. The van der Waals surface area contributed by atoms with Crippen LogP contribution in [0.15, 0.2) is 18.2 Å². The van der Waals surface area contributed by atoms with Crippen molar-refractivity contribution in [1.82, 2.24) is 14.7 Å². The normalized spacial score (nSPS) is 17.8. The van der Waals surface area contributed by atoms with E-state index in [4.69, 9.17) is 4.74 Å². The number of likely N-dealkylation sites (N-methyl/N-ethyl adjacent to an activating group) is 1. The van der Waals surface area contributed by atoms with Crippen molar-refractivity contribution in [3.63, 3.8) is 0 Å². The number of benzene rings is 1. The van der Waals surface area contributed by atoms with E-state index in [1.54, 1.807) is 0 Å². The maximum absolute atomic E-state index is 12.6. The van der Waals surface area contributed by atoms with Gasteiger partial charge in [0.15, 0.2) is 6.61 Å². The average Bonchev–Trinajstić information content (AvgIpc) is 2.62. The standard InChI is InChI=1S/C21H35N3O2/c1-17-9-6-11-20(18(17)2)26-16-21(25)24-14-7-10-19(15-24)23(5)13-8-12-22(3)4/h6,9,11,19H,7-8,10,12-16H2,1-5H3/t19-/m0/s1. The Morgan fingerprint density at radius 2 is 2.00 bits per heavy atom. The van der Waals surface area contributed by atoms with Gasteiger partial charge in [0.1, 0.15) is 5.75 Å². The van der Waals surface area contributed by atoms with Gasteiger partial charge in [0, 0.05) is 19.1 Å². The zero-order valence-corrected chi connectivity index (χ0v) is 17.1. The molecule has 26 heavy (non-hydrogen) atoms. The van der Waals surface area contributed by atoms with Crippen LogP contribution in [0.2, 0.25) is 0 Å². The Balaban J connectivity index is 1.82. The number of carbonyl (C=O) groups excluding carboxylic acids is 1. The van der Waals surface area contributed by atoms with Crippen LogP contribution >= 0.6 is 0 Å². The molecule has 5 heteroatoms. The topological polar surface area (TPSA) is 36.0 Å². The Hall–Kier alpha value is -1.59. The maximum atomic E-state index is 12.6. The lowest BCUT2D eigenvalue weighted by atomic mass is 10.0. The molecule has 1 aliphatic rings. The largest absolute Gasteiger partial charge is 0.483 e. The molecule has 1 aliphatic heterocycles. The smallest absolute Gasteiger partial charge is 0.260 e. The van der Waals surface area contributed by atoms with Crippen LogP contribution in [0.4, 0.5) is 0 Å². The zero-order valence-electron chi connectivity index (χ0n) is 17.1. The van der Waals surface area contributed by atoms with Crippen LogP contribution in [-0.2, 0) is 4.79 Å². The van der Waals surface area contributed by atoms with Crippen molar-refractivity contribution in [2.45, 2.75) is 39.2 Å². The van der Waals surface area contributed by atoms with Crippen LogP contribution in [0.25, 0.3) is 0 Å². The lowest BCUT2D eigenvalue weighted by Gasteiger charge is -2.37. The number of aryl methyl sites for hydroxylation is 1. The van der Waals surface area contributed by atoms with Crippen LogP contribution in [0.1, 0.15) is 30.4 Å². The van der Waals surface area contributed by atoms with Gasteiger partial charge in [-0.3, -0.25) is 4.79 Å². The van der Waals surface area contributed by atoms with Gasteiger partial charge in [0.25, 0.3) is 5.91 Å². The van der Waals surface area contributed by atoms with E-state index in [0.29, 0.717) is 6.04 Å². The van der Waals surface area contributed by atoms with Gasteiger partial charge in [-0.1, -0.05) is 12.1 Å². The highest BCUT2D eigenvalue weighted by molar-refractivity contribution is 5.78. The Kier molecular flexibility index (Phi) is 7.91. The van der Waals surface area contributed by atoms with Crippen molar-refractivity contribution in [3.05, 3.63) is 29.3 Å². The minimum atomic E-state index is 0.0947. The first-order valence-electron chi connectivity index (χ1n) is 9.70. The van der Waals surface area contributed by atoms with Crippen LogP contribution in [0.5, 0.6) is 5.75 Å². The van der Waals surface area contributed by atoms with E-state index < -0.39 is 0 Å². The third-order valence-electron chi connectivity index (χ3n) is 5.39. The summed E-state index contributed by atoms with van der Waals surface area (Å²) in [5.41, 5.74) is 2.30. The van der Waals surface area contributed by atoms with E-state index in [2.05, 4.69) is 43.9 Å². The van der Waals surface area contributed by atoms with Crippen LogP contribution in [-0.4, -0.2) is 80.6 Å². The Labute approximate surface area is 158 Å². The second kappa shape index (κ2) is 9.93. The van der Waals surface area contributed by atoms with Crippen LogP contribution < -0.4 is 4.74 Å². The Bertz CT molecular complexity index is 589. The minimum Gasteiger partial charge on any atom is -0.483 e. The second-order valence-electron chi connectivity index (χ2n) is 7.76. The molecular weight excluding hydrogens is 326 g/mol. The molecule has 146 valence electrons. The molecule has 0 radical (unpaired) electrons. The van der Waals surface area contributed by atoms with E-state index in [-0.39, 0.29) is 12.5 Å². The lowest BCUT2D eigenvalue weighted by Crippen LogP contribution is -2.50. The zero-order chi connectivity index (χ0) is 19.1. The molecule has 0 spiro atoms. The summed E-state index contributed by atoms with van der Waals surface area (Å²) in [6, 6.07) is 6.43. The number of hydrogen-bond donors (Lipinski definition) is 0. The highest BCUT2D eigenvalue weighted by Crippen LogP contribution is 2.21. The highest BCUT2D eigenvalue weighted by Gasteiger charge is 2.26. The van der Waals surface area contributed by atoms with Crippen LogP contribution in [0, 0.1) is 13.8 Å². The maximum Gasteiger partial charge on any atom is 0.260 e. The molecule has 1 aromatic carbocycles. The van der Waals surface area contributed by atoms with Crippen molar-refractivity contribution in [2.75, 3.05) is 53.9 Å². The molecule has 0 saturated carbocycles. The Morgan fingerprint density at radius 1 is 1.23 bits per heavy atom. The Morgan fingerprint density at radius 3 is 2.73 bits per heavy atom. The molecule has 1 fully saturated rings. The van der Waals surface area contributed by atoms with Gasteiger partial charge in [0.05, 0.1) is 0 Å². The third-order valence-corrected chi connectivity index (χ3v) is 5.39. The molecule has 0 aliphatic carbocycles. The lowest BCUT2D eigenvalue weighted by molar-refractivity contribution is -0.135. The number of carbonyl (C=O) groups is 1. The van der Waals surface area contributed by atoms with E-state index >= 15 is 0 Å². The number of rotatable bonds is 8. The summed E-state index contributed by atoms with van der Waals surface area (Å²) >= 11 is 0. The van der Waals surface area contributed by atoms with Gasteiger partial charge >= 0.3 is 0 Å². The quantitative estimate of drug-likeness (QED) is 0.713. The fourth-order valence-electron chi connectivity index (χ4n) is 3.47. The molecule has 5 nitrogen and oxygen atoms in total. The molecule has 0 unspecified atom stereocenters. The fourth-order valence-corrected chi connectivity index (χ4v) is 3.47. The van der Waals surface area contributed by atoms with Crippen molar-refractivity contribution in [2.24, 2.45) is 0 Å². The van der Waals surface area contributed by atoms with Gasteiger partial charge in [0.2, 0.25) is 0 Å². The molecule has 1 saturated heterocycles. The number of piperidine rings is 1. The number of ether oxygens (including phenoxy) is 1. The summed E-state index contributed by atoms with van der Waals surface area (Å²) in [6.07, 6.45) is 3.39. The molecule has 1 amide bonds. The molecule has 0 aromatic heterocycles. The third kappa shape index (κ3) is 5.99. The van der Waals surface area contributed by atoms with E-state index in [9.17, 15) is 4.79 Å². The van der Waals surface area contributed by atoms with E-state index in [0.717, 1.165) is 50.3 Å². The number of likely N-dealkylation sites (tertiary alicyclic amines) is 1. The first-order valence-corrected chi connectivity index (χ1v) is 9.70. The fraction of sp³-hybridized carbons (Fsp3) is 0.667. The molecule has 2 rings (SSSR count). The predicted molar refractivity (Wildman–Crippen MR) is 107 cm³/mol. The van der Waals surface area contributed by atoms with Crippen LogP contribution in [0.3, 0.4) is 0 Å². The summed E-state index contributed by atoms with van der Waals surface area (Å²) in [4.78, 5) is 19.2. The van der Waals surface area contributed by atoms with Crippen molar-refractivity contribution < 1.29 is 9.53 Å². The molecule has 0 bridgehead atoms. The monoisotopic (exact) mass is 361 g/mol. The first kappa shape index (κ1) is 20.7. The van der Waals surface area contributed by atoms with Gasteiger partial charge < -0.3 is 19.4 Å². The summed E-state index contributed by atoms with van der Waals surface area (Å²) in [5, 5.41) is 0. The summed E-state index contributed by atoms with van der Waals surface area (Å²) in [7, 11) is 6.40. The summed E-state index contributed by atoms with van der Waals surface area (Å²) in [6.45, 7) is 8.05. The van der Waals surface area contributed by atoms with Gasteiger partial charge in [-0.15, -0.1) is 0 Å². The number of hydrogen-bond acceptors (Lipinski definition) is 4. The average molecular weight is 362 g/mol. The van der Waals surface area contributed by atoms with Crippen molar-refractivity contribution >= 4 is 5.91 Å². The summed E-state index contributed by atoms with van der Waals surface area (Å²) in [5.74, 6) is 0.907. The summed E-state index contributed by atoms with van der Waals surface area (Å²) < 4.78 is 5.81. The van der Waals surface area contributed by atoms with Gasteiger partial charge in [-0.25, -0.2) is 0 Å². The molecule has 1 atom stereocenters. The minimum absolute atomic E-state index is 0.0947. The number of nitrogens with zero attached hydrogens (tertiary/aromatic N) is 3. The predicted octanol–water partition coefficient (Wildman–Crippen LogP) is 2.56. The second-order valence-corrected chi connectivity index (χ2v) is 7.76. The molecule has 1 aromatic rings. The number of amides is 1. The SMILES string of the molecule is Cc1cccc(OCC(=O)N2CCC[C@H](N(C)CCCN(C)C)C2)c1C. The molecular formula is C21H35N3O2.